The second kappa shape index (κ2) is 15.8. The van der Waals surface area contributed by atoms with Crippen LogP contribution in [0.25, 0.3) is 0 Å². The molecule has 0 bridgehead atoms. The largest absolute Gasteiger partial charge is 0.409 e. The molecule has 0 heterocycles. The molecule has 8 rings (SSSR count). The highest BCUT2D eigenvalue weighted by Crippen LogP contribution is 2.34. The van der Waals surface area contributed by atoms with Gasteiger partial charge in [-0.15, -0.1) is 0 Å². The summed E-state index contributed by atoms with van der Waals surface area (Å²) in [6.07, 6.45) is 5.20. The lowest BCUT2D eigenvalue weighted by Crippen LogP contribution is -2.15. The molecular formula is C39H35BrN4O5. The lowest BCUT2D eigenvalue weighted by molar-refractivity contribution is 0.0986. The van der Waals surface area contributed by atoms with Gasteiger partial charge in [0.25, 0.3) is 0 Å². The molecule has 10 heteroatoms. The number of oxime groups is 1. The summed E-state index contributed by atoms with van der Waals surface area (Å²) in [6, 6.07) is 26.4. The van der Waals surface area contributed by atoms with Gasteiger partial charge in [0.2, 0.25) is 0 Å². The van der Waals surface area contributed by atoms with Crippen LogP contribution in [-0.2, 0) is 25.7 Å². The van der Waals surface area contributed by atoms with Crippen molar-refractivity contribution in [2.45, 2.75) is 63.6 Å². The Morgan fingerprint density at radius 3 is 1.76 bits per heavy atom. The molecule has 4 aliphatic rings. The number of nitrogens with two attached hydrogens (primary N) is 1. The van der Waals surface area contributed by atoms with Gasteiger partial charge >= 0.3 is 0 Å². The van der Waals surface area contributed by atoms with Crippen LogP contribution in [0.15, 0.2) is 82.4 Å². The van der Waals surface area contributed by atoms with E-state index in [0.29, 0.717) is 30.4 Å². The van der Waals surface area contributed by atoms with Crippen molar-refractivity contribution in [3.8, 4) is 12.1 Å². The Morgan fingerprint density at radius 2 is 1.16 bits per heavy atom. The Balaban J connectivity index is 0.000000128. The maximum absolute atomic E-state index is 11.2. The van der Waals surface area contributed by atoms with Crippen molar-refractivity contribution in [3.63, 3.8) is 0 Å². The smallest absolute Gasteiger partial charge is 0.170 e. The molecule has 49 heavy (non-hydrogen) atoms. The van der Waals surface area contributed by atoms with Crippen molar-refractivity contribution < 1.29 is 25.0 Å². The second-order valence-corrected chi connectivity index (χ2v) is 12.9. The molecule has 4 aromatic rings. The summed E-state index contributed by atoms with van der Waals surface area (Å²) in [6.45, 7) is 0. The van der Waals surface area contributed by atoms with Gasteiger partial charge in [0.15, 0.2) is 17.4 Å². The van der Waals surface area contributed by atoms with Crippen molar-refractivity contribution in [1.82, 2.24) is 0 Å². The molecule has 2 atom stereocenters. The predicted octanol–water partition coefficient (Wildman–Crippen LogP) is 6.56. The van der Waals surface area contributed by atoms with Gasteiger partial charge in [-0.2, -0.15) is 10.5 Å². The van der Waals surface area contributed by atoms with Gasteiger partial charge < -0.3 is 21.2 Å². The average Bonchev–Trinajstić information content (AvgIpc) is 3.92. The summed E-state index contributed by atoms with van der Waals surface area (Å²) in [4.78, 5) is 22.4. The van der Waals surface area contributed by atoms with Gasteiger partial charge in [0, 0.05) is 34.0 Å². The molecule has 248 valence electrons. The number of rotatable bonds is 1. The summed E-state index contributed by atoms with van der Waals surface area (Å²) in [5.41, 5.74) is 15.2. The molecule has 0 saturated carbocycles. The normalized spacial score (nSPS) is 17.8. The quantitative estimate of drug-likeness (QED) is 0.0738. The Labute approximate surface area is 293 Å². The fourth-order valence-corrected chi connectivity index (χ4v) is 7.27. The number of carbonyl (C=O) groups is 2. The molecule has 0 fully saturated rings. The lowest BCUT2D eigenvalue weighted by atomic mass is 10.0. The Kier molecular flexibility index (Phi) is 11.4. The van der Waals surface area contributed by atoms with Crippen LogP contribution in [0.2, 0.25) is 0 Å². The van der Waals surface area contributed by atoms with E-state index in [1.807, 2.05) is 36.4 Å². The van der Waals surface area contributed by atoms with Crippen LogP contribution in [0.4, 0.5) is 0 Å². The third-order valence-corrected chi connectivity index (χ3v) is 9.95. The molecule has 9 nitrogen and oxygen atoms in total. The van der Waals surface area contributed by atoms with Gasteiger partial charge in [-0.05, 0) is 90.1 Å². The van der Waals surface area contributed by atoms with Crippen molar-refractivity contribution in [3.05, 3.63) is 138 Å². The predicted molar refractivity (Wildman–Crippen MR) is 187 cm³/mol. The summed E-state index contributed by atoms with van der Waals surface area (Å²) in [5.74, 6) is 0.555. The molecule has 0 radical (unpaired) electrons. The van der Waals surface area contributed by atoms with Crippen molar-refractivity contribution in [1.29, 1.82) is 10.5 Å². The number of benzene rings is 4. The molecule has 5 N–H and O–H groups in total. The first kappa shape index (κ1) is 35.2. The van der Waals surface area contributed by atoms with Crippen molar-refractivity contribution >= 4 is 33.3 Å². The Morgan fingerprint density at radius 1 is 0.673 bits per heavy atom. The number of nitriles is 2. The van der Waals surface area contributed by atoms with Gasteiger partial charge in [0.1, 0.15) is 0 Å². The van der Waals surface area contributed by atoms with Crippen molar-refractivity contribution in [2.75, 3.05) is 0 Å². The summed E-state index contributed by atoms with van der Waals surface area (Å²) >= 11 is 3.42. The number of amidine groups is 1. The van der Waals surface area contributed by atoms with Gasteiger partial charge in [0.05, 0.1) is 35.5 Å². The fourth-order valence-electron chi connectivity index (χ4n) is 6.71. The minimum atomic E-state index is -0.406. The number of fused-ring (bicyclic) bond motifs is 4. The summed E-state index contributed by atoms with van der Waals surface area (Å²) in [7, 11) is 0. The van der Waals surface area contributed by atoms with Crippen LogP contribution in [0.5, 0.6) is 0 Å². The van der Waals surface area contributed by atoms with Crippen LogP contribution in [0, 0.1) is 22.7 Å². The van der Waals surface area contributed by atoms with Crippen LogP contribution in [0.1, 0.15) is 109 Å². The highest BCUT2D eigenvalue weighted by atomic mass is 79.9. The third kappa shape index (κ3) is 7.63. The van der Waals surface area contributed by atoms with E-state index in [1.165, 1.54) is 5.56 Å². The van der Waals surface area contributed by atoms with E-state index in [1.54, 1.807) is 36.4 Å². The van der Waals surface area contributed by atoms with E-state index < -0.39 is 6.10 Å². The fraction of sp³-hybridized carbons (Fsp3) is 0.256. The van der Waals surface area contributed by atoms with E-state index in [9.17, 15) is 19.8 Å². The molecule has 4 aliphatic carbocycles. The first-order chi connectivity index (χ1) is 23.7. The maximum atomic E-state index is 11.2. The highest BCUT2D eigenvalue weighted by molar-refractivity contribution is 9.10. The zero-order valence-electron chi connectivity index (χ0n) is 26.7. The van der Waals surface area contributed by atoms with E-state index >= 15 is 0 Å². The van der Waals surface area contributed by atoms with Crippen LogP contribution < -0.4 is 5.73 Å². The van der Waals surface area contributed by atoms with E-state index in [4.69, 9.17) is 21.5 Å². The minimum absolute atomic E-state index is 0.107. The SMILES string of the molecule is N#Cc1cccc2c1CCC2=O.N#Cc1cccc2c1CCC2O.NC(=NO)c1cccc2c1CCC2O.O=C1CCc2c(Br)cccc21. The Hall–Kier alpha value is -5.13. The number of nitrogens with zero attached hydrogens (tertiary/aromatic N) is 3. The molecular weight excluding hydrogens is 684 g/mol. The number of Topliss-reactive ketones (excluding diaryl/α,β-unsaturated/α-hetero) is 2. The molecule has 0 aromatic heterocycles. The van der Waals surface area contributed by atoms with E-state index in [2.05, 4.69) is 33.2 Å². The number of hydrogen-bond donors (Lipinski definition) is 4. The molecule has 0 amide bonds. The summed E-state index contributed by atoms with van der Waals surface area (Å²) in [5, 5.41) is 48.2. The minimum Gasteiger partial charge on any atom is -0.409 e. The zero-order chi connectivity index (χ0) is 35.1. The monoisotopic (exact) mass is 718 g/mol. The van der Waals surface area contributed by atoms with Gasteiger partial charge in [-0.3, -0.25) is 9.59 Å². The molecule has 4 aromatic carbocycles. The van der Waals surface area contributed by atoms with Crippen LogP contribution in [-0.4, -0.2) is 32.8 Å². The van der Waals surface area contributed by atoms with Crippen molar-refractivity contribution in [2.24, 2.45) is 10.9 Å². The average molecular weight is 720 g/mol. The number of ketones is 2. The summed E-state index contributed by atoms with van der Waals surface area (Å²) < 4.78 is 1.07. The zero-order valence-corrected chi connectivity index (χ0v) is 28.3. The first-order valence-corrected chi connectivity index (χ1v) is 16.8. The molecule has 0 saturated heterocycles. The number of hydrogen-bond acceptors (Lipinski definition) is 8. The number of carbonyl (C=O) groups excluding carboxylic acids is 2. The highest BCUT2D eigenvalue weighted by Gasteiger charge is 2.24. The maximum Gasteiger partial charge on any atom is 0.170 e. The number of halogens is 1. The third-order valence-electron chi connectivity index (χ3n) is 9.20. The second-order valence-electron chi connectivity index (χ2n) is 12.0. The molecule has 0 aliphatic heterocycles. The molecule has 0 spiro atoms. The Bertz CT molecular complexity index is 2030. The van der Waals surface area contributed by atoms with Gasteiger partial charge in [-0.1, -0.05) is 75.7 Å². The first-order valence-electron chi connectivity index (χ1n) is 16.0. The number of aliphatic hydroxyl groups is 2. The van der Waals surface area contributed by atoms with E-state index in [-0.39, 0.29) is 23.5 Å². The van der Waals surface area contributed by atoms with E-state index in [0.717, 1.165) is 81.1 Å². The standard InChI is InChI=1S/C10H12N2O2.C10H9NO.C10H7NO.C9H7BrO/c11-10(12-14)8-3-1-2-7-6(8)4-5-9(7)13;2*11-6-7-2-1-3-9-8(7)4-5-10(9)12;10-8-3-1-2-7-6(8)4-5-9(7)11/h1-3,9,13-14H,4-5H2,(H2,11,12);1-3,10,12H,4-5H2;1-3H,4-5H2;1-3H,4-5H2. The lowest BCUT2D eigenvalue weighted by Gasteiger charge is -2.07. The topological polar surface area (TPSA) is 181 Å². The molecule has 2 unspecified atom stereocenters. The number of aliphatic hydroxyl groups excluding tert-OH is 2. The van der Waals surface area contributed by atoms with Gasteiger partial charge in [-0.25, -0.2) is 0 Å². The van der Waals surface area contributed by atoms with Crippen LogP contribution in [0.3, 0.4) is 0 Å². The van der Waals surface area contributed by atoms with Crippen LogP contribution >= 0.6 is 15.9 Å².